The van der Waals surface area contributed by atoms with Gasteiger partial charge in [0, 0.05) is 6.61 Å². The maximum absolute atomic E-state index is 11.9. The lowest BCUT2D eigenvalue weighted by molar-refractivity contribution is 0.275. The van der Waals surface area contributed by atoms with Crippen molar-refractivity contribution in [2.24, 2.45) is 0 Å². The molecular weight excluding hydrogens is 340 g/mol. The Balaban J connectivity index is 1.89. The maximum atomic E-state index is 11.9. The Hall–Kier alpha value is -3.34. The van der Waals surface area contributed by atoms with E-state index in [0.29, 0.717) is 30.6 Å². The standard InChI is InChI=1S/C15H16N8O3/c24-4-2-1-3-9(22-7-20-10-12(22)16-5-18-14(10)25)23-8-21-11-13(23)17-6-19-15(11)26/h5-9,24H,1-4H2,(H,16,18,25)(H,17,19,26). The van der Waals surface area contributed by atoms with Crippen LogP contribution in [0.2, 0.25) is 0 Å². The third kappa shape index (κ3) is 2.58. The van der Waals surface area contributed by atoms with Crippen molar-refractivity contribution < 1.29 is 5.11 Å². The molecule has 0 aliphatic heterocycles. The fourth-order valence-electron chi connectivity index (χ4n) is 3.01. The first-order valence-corrected chi connectivity index (χ1v) is 8.12. The Morgan fingerprint density at radius 2 is 1.42 bits per heavy atom. The Labute approximate surface area is 145 Å². The molecule has 0 saturated carbocycles. The second kappa shape index (κ2) is 6.52. The van der Waals surface area contributed by atoms with Gasteiger partial charge in [0.05, 0.1) is 25.3 Å². The number of nitrogens with zero attached hydrogens (tertiary/aromatic N) is 6. The molecule has 0 unspecified atom stereocenters. The number of fused-ring (bicyclic) bond motifs is 2. The molecule has 0 amide bonds. The van der Waals surface area contributed by atoms with E-state index in [1.807, 2.05) is 0 Å². The van der Waals surface area contributed by atoms with Gasteiger partial charge in [0.25, 0.3) is 11.1 Å². The number of hydrogen-bond donors (Lipinski definition) is 3. The summed E-state index contributed by atoms with van der Waals surface area (Å²) in [5, 5.41) is 9.10. The zero-order chi connectivity index (χ0) is 18.1. The molecule has 0 aliphatic carbocycles. The van der Waals surface area contributed by atoms with E-state index in [2.05, 4.69) is 29.9 Å². The van der Waals surface area contributed by atoms with Crippen molar-refractivity contribution >= 4 is 22.3 Å². The predicted molar refractivity (Wildman–Crippen MR) is 91.7 cm³/mol. The summed E-state index contributed by atoms with van der Waals surface area (Å²) in [4.78, 5) is 45.7. The molecule has 3 N–H and O–H groups in total. The quantitative estimate of drug-likeness (QED) is 0.404. The molecule has 4 heterocycles. The van der Waals surface area contributed by atoms with Crippen molar-refractivity contribution in [1.82, 2.24) is 39.0 Å². The van der Waals surface area contributed by atoms with Crippen molar-refractivity contribution in [1.29, 1.82) is 0 Å². The highest BCUT2D eigenvalue weighted by molar-refractivity contribution is 5.70. The van der Waals surface area contributed by atoms with Crippen LogP contribution in [-0.4, -0.2) is 50.8 Å². The van der Waals surface area contributed by atoms with Crippen LogP contribution in [0.1, 0.15) is 25.4 Å². The zero-order valence-corrected chi connectivity index (χ0v) is 13.7. The van der Waals surface area contributed by atoms with Gasteiger partial charge in [-0.3, -0.25) is 18.7 Å². The lowest BCUT2D eigenvalue weighted by Crippen LogP contribution is -2.19. The third-order valence-electron chi connectivity index (χ3n) is 4.24. The second-order valence-electron chi connectivity index (χ2n) is 5.81. The molecule has 0 radical (unpaired) electrons. The molecule has 0 aliphatic rings. The molecule has 11 nitrogen and oxygen atoms in total. The molecule has 0 aromatic carbocycles. The van der Waals surface area contributed by atoms with Crippen molar-refractivity contribution in [3.63, 3.8) is 0 Å². The Bertz CT molecular complexity index is 1080. The van der Waals surface area contributed by atoms with Crippen LogP contribution in [0.5, 0.6) is 0 Å². The van der Waals surface area contributed by atoms with Crippen LogP contribution < -0.4 is 11.1 Å². The number of H-pyrrole nitrogens is 2. The fourth-order valence-corrected chi connectivity index (χ4v) is 3.01. The third-order valence-corrected chi connectivity index (χ3v) is 4.24. The number of aromatic nitrogens is 8. The summed E-state index contributed by atoms with van der Waals surface area (Å²) in [5.41, 5.74) is 0.662. The van der Waals surface area contributed by atoms with Gasteiger partial charge < -0.3 is 15.1 Å². The Morgan fingerprint density at radius 1 is 0.885 bits per heavy atom. The molecule has 0 bridgehead atoms. The normalized spacial score (nSPS) is 11.8. The number of hydrogen-bond acceptors (Lipinski definition) is 7. The number of unbranched alkanes of at least 4 members (excludes halogenated alkanes) is 1. The SMILES string of the molecule is O=c1[nH]cnc2c1ncn2C(CCCCO)n1cnc2c(=O)[nH]cnc21. The smallest absolute Gasteiger partial charge is 0.278 e. The van der Waals surface area contributed by atoms with Crippen molar-refractivity contribution in [2.75, 3.05) is 6.61 Å². The van der Waals surface area contributed by atoms with E-state index in [-0.39, 0.29) is 34.9 Å². The molecule has 4 rings (SSSR count). The maximum Gasteiger partial charge on any atom is 0.278 e. The average Bonchev–Trinajstić information content (AvgIpc) is 3.25. The number of aliphatic hydroxyl groups is 1. The largest absolute Gasteiger partial charge is 0.396 e. The van der Waals surface area contributed by atoms with E-state index in [0.717, 1.165) is 0 Å². The summed E-state index contributed by atoms with van der Waals surface area (Å²) in [5.74, 6) is 0. The highest BCUT2D eigenvalue weighted by Gasteiger charge is 2.21. The molecule has 0 saturated heterocycles. The first-order chi connectivity index (χ1) is 12.7. The van der Waals surface area contributed by atoms with E-state index < -0.39 is 0 Å². The number of imidazole rings is 2. The lowest BCUT2D eigenvalue weighted by atomic mass is 10.2. The Kier molecular flexibility index (Phi) is 4.05. The van der Waals surface area contributed by atoms with Gasteiger partial charge in [-0.1, -0.05) is 0 Å². The predicted octanol–water partition coefficient (Wildman–Crippen LogP) is -0.238. The summed E-state index contributed by atoms with van der Waals surface area (Å²) in [7, 11) is 0. The van der Waals surface area contributed by atoms with Gasteiger partial charge in [-0.2, -0.15) is 0 Å². The van der Waals surface area contributed by atoms with Crippen molar-refractivity contribution in [3.8, 4) is 0 Å². The van der Waals surface area contributed by atoms with Gasteiger partial charge in [0.2, 0.25) is 0 Å². The first kappa shape index (κ1) is 16.1. The molecule has 0 spiro atoms. The van der Waals surface area contributed by atoms with Crippen molar-refractivity contribution in [3.05, 3.63) is 46.0 Å². The van der Waals surface area contributed by atoms with E-state index in [4.69, 9.17) is 5.11 Å². The highest BCUT2D eigenvalue weighted by atomic mass is 16.3. The second-order valence-corrected chi connectivity index (χ2v) is 5.81. The van der Waals surface area contributed by atoms with Gasteiger partial charge >= 0.3 is 0 Å². The van der Waals surface area contributed by atoms with E-state index in [1.165, 1.54) is 25.3 Å². The van der Waals surface area contributed by atoms with Crippen LogP contribution in [0.25, 0.3) is 22.3 Å². The van der Waals surface area contributed by atoms with Crippen LogP contribution in [0.15, 0.2) is 34.9 Å². The number of nitrogens with one attached hydrogen (secondary N) is 2. The van der Waals surface area contributed by atoms with E-state index in [9.17, 15) is 9.59 Å². The van der Waals surface area contributed by atoms with Crippen LogP contribution in [0.4, 0.5) is 0 Å². The molecule has 4 aromatic heterocycles. The fraction of sp³-hybridized carbons (Fsp3) is 0.333. The lowest BCUT2D eigenvalue weighted by Gasteiger charge is -2.20. The van der Waals surface area contributed by atoms with E-state index in [1.54, 1.807) is 9.13 Å². The van der Waals surface area contributed by atoms with Gasteiger partial charge in [0.1, 0.15) is 6.17 Å². The van der Waals surface area contributed by atoms with E-state index >= 15 is 0 Å². The summed E-state index contributed by atoms with van der Waals surface area (Å²) in [6.45, 7) is 0.0813. The number of aliphatic hydroxyl groups excluding tert-OH is 1. The zero-order valence-electron chi connectivity index (χ0n) is 13.7. The molecular formula is C15H16N8O3. The topological polar surface area (TPSA) is 147 Å². The van der Waals surface area contributed by atoms with Gasteiger partial charge in [-0.05, 0) is 19.3 Å². The molecule has 4 aromatic rings. The molecule has 134 valence electrons. The average molecular weight is 356 g/mol. The minimum atomic E-state index is -0.347. The summed E-state index contributed by atoms with van der Waals surface area (Å²) in [6, 6.07) is 0. The van der Waals surface area contributed by atoms with Crippen LogP contribution in [-0.2, 0) is 0 Å². The number of rotatable bonds is 6. The first-order valence-electron chi connectivity index (χ1n) is 8.12. The Morgan fingerprint density at radius 3 is 1.92 bits per heavy atom. The number of aromatic amines is 2. The minimum Gasteiger partial charge on any atom is -0.396 e. The summed E-state index contributed by atoms with van der Waals surface area (Å²) < 4.78 is 3.51. The monoisotopic (exact) mass is 356 g/mol. The van der Waals surface area contributed by atoms with Gasteiger partial charge in [-0.25, -0.2) is 19.9 Å². The summed E-state index contributed by atoms with van der Waals surface area (Å²) >= 11 is 0. The van der Waals surface area contributed by atoms with Crippen LogP contribution in [0, 0.1) is 0 Å². The van der Waals surface area contributed by atoms with Crippen molar-refractivity contribution in [2.45, 2.75) is 25.4 Å². The molecule has 0 fully saturated rings. The van der Waals surface area contributed by atoms with Crippen LogP contribution in [0.3, 0.4) is 0 Å². The molecule has 0 atom stereocenters. The van der Waals surface area contributed by atoms with Crippen LogP contribution >= 0.6 is 0 Å². The summed E-state index contributed by atoms with van der Waals surface area (Å²) in [6.07, 6.45) is 7.32. The molecule has 26 heavy (non-hydrogen) atoms. The minimum absolute atomic E-state index is 0.0813. The highest BCUT2D eigenvalue weighted by Crippen LogP contribution is 2.23. The van der Waals surface area contributed by atoms with Gasteiger partial charge in [-0.15, -0.1) is 0 Å². The molecule has 11 heteroatoms. The van der Waals surface area contributed by atoms with Gasteiger partial charge in [0.15, 0.2) is 22.3 Å².